The van der Waals surface area contributed by atoms with Crippen molar-refractivity contribution in [2.24, 2.45) is 11.7 Å². The van der Waals surface area contributed by atoms with Crippen LogP contribution >= 0.6 is 0 Å². The van der Waals surface area contributed by atoms with E-state index in [-0.39, 0.29) is 0 Å². The number of nitrogens with two attached hydrogens (primary N) is 1. The third-order valence-electron chi connectivity index (χ3n) is 4.62. The lowest BCUT2D eigenvalue weighted by atomic mass is 9.78. The van der Waals surface area contributed by atoms with Crippen molar-refractivity contribution in [1.29, 1.82) is 0 Å². The molecular weight excluding hydrogens is 252 g/mol. The zero-order chi connectivity index (χ0) is 14.1. The molecule has 0 amide bonds. The van der Waals surface area contributed by atoms with Gasteiger partial charge in [-0.15, -0.1) is 0 Å². The van der Waals surface area contributed by atoms with E-state index in [1.54, 1.807) is 6.33 Å². The van der Waals surface area contributed by atoms with Gasteiger partial charge in [0, 0.05) is 48.3 Å². The van der Waals surface area contributed by atoms with Gasteiger partial charge in [0.2, 0.25) is 0 Å². The van der Waals surface area contributed by atoms with Crippen LogP contribution in [0.4, 0.5) is 5.82 Å². The molecule has 6 nitrogen and oxygen atoms in total. The van der Waals surface area contributed by atoms with Gasteiger partial charge in [0.1, 0.15) is 12.1 Å². The summed E-state index contributed by atoms with van der Waals surface area (Å²) in [6, 6.07) is 3.34. The summed E-state index contributed by atoms with van der Waals surface area (Å²) >= 11 is 0. The number of nitrogens with one attached hydrogen (secondary N) is 3. The minimum atomic E-state index is 0.351. The second kappa shape index (κ2) is 5.63. The van der Waals surface area contributed by atoms with Gasteiger partial charge < -0.3 is 11.1 Å². The molecule has 20 heavy (non-hydrogen) atoms. The molecule has 1 aliphatic heterocycles. The molecule has 2 atom stereocenters. The normalized spacial score (nSPS) is 36.6. The molecule has 0 radical (unpaired) electrons. The van der Waals surface area contributed by atoms with Crippen LogP contribution in [0.3, 0.4) is 0 Å². The Balaban J connectivity index is 1.59. The number of anilines is 1. The summed E-state index contributed by atoms with van der Waals surface area (Å²) < 4.78 is 0. The van der Waals surface area contributed by atoms with Crippen molar-refractivity contribution in [3.05, 3.63) is 18.1 Å². The van der Waals surface area contributed by atoms with E-state index < -0.39 is 0 Å². The van der Waals surface area contributed by atoms with Crippen LogP contribution in [0, 0.1) is 5.92 Å². The predicted molar refractivity (Wildman–Crippen MR) is 79.2 cm³/mol. The van der Waals surface area contributed by atoms with Crippen molar-refractivity contribution >= 4 is 5.82 Å². The van der Waals surface area contributed by atoms with Gasteiger partial charge in [-0.1, -0.05) is 0 Å². The zero-order valence-electron chi connectivity index (χ0n) is 12.1. The van der Waals surface area contributed by atoms with E-state index in [2.05, 4.69) is 46.1 Å². The molecule has 3 rings (SSSR count). The zero-order valence-corrected chi connectivity index (χ0v) is 12.1. The first-order chi connectivity index (χ1) is 9.63. The fourth-order valence-corrected chi connectivity index (χ4v) is 3.08. The molecule has 1 saturated heterocycles. The Labute approximate surface area is 119 Å². The fourth-order valence-electron chi connectivity index (χ4n) is 3.08. The van der Waals surface area contributed by atoms with Gasteiger partial charge in [-0.3, -0.25) is 10.9 Å². The van der Waals surface area contributed by atoms with Crippen LogP contribution in [-0.2, 0) is 0 Å². The van der Waals surface area contributed by atoms with Crippen LogP contribution in [0.25, 0.3) is 0 Å². The standard InChI is InChI=1S/C14H24N6/c1-8-12(9(2)20-19-8)6-16-14-5-13(17-7-18-14)10-3-11(15)4-10/h5,7-12,19-20H,3-4,6,15H2,1-2H3,(H,16,17,18). The highest BCUT2D eigenvalue weighted by molar-refractivity contribution is 5.36. The Morgan fingerprint density at radius 1 is 1.25 bits per heavy atom. The Morgan fingerprint density at radius 2 is 1.95 bits per heavy atom. The molecule has 2 fully saturated rings. The highest BCUT2D eigenvalue weighted by Crippen LogP contribution is 2.34. The smallest absolute Gasteiger partial charge is 0.129 e. The Hall–Kier alpha value is -1.24. The number of rotatable bonds is 4. The first-order valence-corrected chi connectivity index (χ1v) is 7.46. The maximum absolute atomic E-state index is 5.84. The summed E-state index contributed by atoms with van der Waals surface area (Å²) in [6.07, 6.45) is 3.74. The lowest BCUT2D eigenvalue weighted by molar-refractivity contribution is 0.345. The van der Waals surface area contributed by atoms with Crippen molar-refractivity contribution in [3.63, 3.8) is 0 Å². The van der Waals surface area contributed by atoms with Gasteiger partial charge in [-0.05, 0) is 26.7 Å². The van der Waals surface area contributed by atoms with Gasteiger partial charge in [0.05, 0.1) is 0 Å². The van der Waals surface area contributed by atoms with Crippen molar-refractivity contribution in [2.45, 2.75) is 50.7 Å². The monoisotopic (exact) mass is 276 g/mol. The minimum absolute atomic E-state index is 0.351. The van der Waals surface area contributed by atoms with Crippen molar-refractivity contribution in [1.82, 2.24) is 20.8 Å². The summed E-state index contributed by atoms with van der Waals surface area (Å²) in [7, 11) is 0. The number of aromatic nitrogens is 2. The maximum Gasteiger partial charge on any atom is 0.129 e. The Morgan fingerprint density at radius 3 is 2.60 bits per heavy atom. The third kappa shape index (κ3) is 2.77. The highest BCUT2D eigenvalue weighted by atomic mass is 15.4. The molecule has 0 spiro atoms. The molecule has 6 heteroatoms. The van der Waals surface area contributed by atoms with Gasteiger partial charge in [0.15, 0.2) is 0 Å². The average molecular weight is 276 g/mol. The highest BCUT2D eigenvalue weighted by Gasteiger charge is 2.30. The SMILES string of the molecule is CC1NNC(C)C1CNc1cc(C2CC(N)C2)ncn1. The van der Waals surface area contributed by atoms with Crippen LogP contribution in [0.15, 0.2) is 12.4 Å². The predicted octanol–water partition coefficient (Wildman–Crippen LogP) is 0.594. The van der Waals surface area contributed by atoms with Gasteiger partial charge in [0.25, 0.3) is 0 Å². The molecule has 2 aliphatic rings. The Bertz CT molecular complexity index is 449. The van der Waals surface area contributed by atoms with Gasteiger partial charge >= 0.3 is 0 Å². The first-order valence-electron chi connectivity index (χ1n) is 7.46. The van der Waals surface area contributed by atoms with Gasteiger partial charge in [-0.25, -0.2) is 9.97 Å². The maximum atomic E-state index is 5.84. The minimum Gasteiger partial charge on any atom is -0.370 e. The van der Waals surface area contributed by atoms with E-state index in [1.165, 1.54) is 0 Å². The molecule has 0 aromatic carbocycles. The Kier molecular flexibility index (Phi) is 3.87. The molecule has 5 N–H and O–H groups in total. The molecule has 1 aromatic heterocycles. The molecule has 1 saturated carbocycles. The summed E-state index contributed by atoms with van der Waals surface area (Å²) in [6.45, 7) is 5.30. The molecule has 1 aliphatic carbocycles. The molecular formula is C14H24N6. The van der Waals surface area contributed by atoms with Crippen LogP contribution in [-0.4, -0.2) is 34.6 Å². The van der Waals surface area contributed by atoms with Crippen LogP contribution in [0.5, 0.6) is 0 Å². The number of hydrogen-bond donors (Lipinski definition) is 4. The lowest BCUT2D eigenvalue weighted by Gasteiger charge is -2.31. The quantitative estimate of drug-likeness (QED) is 0.644. The van der Waals surface area contributed by atoms with Crippen molar-refractivity contribution < 1.29 is 0 Å². The number of nitrogens with zero attached hydrogens (tertiary/aromatic N) is 2. The summed E-state index contributed by atoms with van der Waals surface area (Å²) in [5.74, 6) is 1.98. The van der Waals surface area contributed by atoms with E-state index >= 15 is 0 Å². The third-order valence-corrected chi connectivity index (χ3v) is 4.62. The summed E-state index contributed by atoms with van der Waals surface area (Å²) in [5.41, 5.74) is 13.5. The van der Waals surface area contributed by atoms with Crippen LogP contribution < -0.4 is 21.9 Å². The first kappa shape index (κ1) is 13.7. The topological polar surface area (TPSA) is 87.9 Å². The van der Waals surface area contributed by atoms with Crippen LogP contribution in [0.1, 0.15) is 38.3 Å². The summed E-state index contributed by atoms with van der Waals surface area (Å²) in [4.78, 5) is 8.69. The number of hydrazine groups is 1. The largest absolute Gasteiger partial charge is 0.370 e. The average Bonchev–Trinajstić information content (AvgIpc) is 2.73. The van der Waals surface area contributed by atoms with E-state index in [0.717, 1.165) is 30.9 Å². The molecule has 1 aromatic rings. The van der Waals surface area contributed by atoms with Crippen molar-refractivity contribution in [2.75, 3.05) is 11.9 Å². The van der Waals surface area contributed by atoms with E-state index in [1.807, 2.05) is 0 Å². The second-order valence-corrected chi connectivity index (χ2v) is 6.17. The number of hydrogen-bond acceptors (Lipinski definition) is 6. The molecule has 0 bridgehead atoms. The molecule has 110 valence electrons. The van der Waals surface area contributed by atoms with Gasteiger partial charge in [-0.2, -0.15) is 0 Å². The van der Waals surface area contributed by atoms with Crippen LogP contribution in [0.2, 0.25) is 0 Å². The van der Waals surface area contributed by atoms with E-state index in [4.69, 9.17) is 5.73 Å². The molecule has 2 unspecified atom stereocenters. The van der Waals surface area contributed by atoms with E-state index in [9.17, 15) is 0 Å². The van der Waals surface area contributed by atoms with E-state index in [0.29, 0.717) is 30.0 Å². The lowest BCUT2D eigenvalue weighted by Crippen LogP contribution is -2.35. The fraction of sp³-hybridized carbons (Fsp3) is 0.714. The van der Waals surface area contributed by atoms with Crippen molar-refractivity contribution in [3.8, 4) is 0 Å². The molecule has 2 heterocycles. The second-order valence-electron chi connectivity index (χ2n) is 6.17. The summed E-state index contributed by atoms with van der Waals surface area (Å²) in [5, 5.41) is 3.44.